The third kappa shape index (κ3) is 2.74. The van der Waals surface area contributed by atoms with E-state index in [-0.39, 0.29) is 0 Å². The summed E-state index contributed by atoms with van der Waals surface area (Å²) in [5.41, 5.74) is 3.15. The molecule has 0 N–H and O–H groups in total. The van der Waals surface area contributed by atoms with Crippen molar-refractivity contribution in [1.29, 1.82) is 0 Å². The first-order valence-electron chi connectivity index (χ1n) is 4.86. The van der Waals surface area contributed by atoms with Crippen molar-refractivity contribution in [1.82, 2.24) is 9.97 Å². The minimum atomic E-state index is 0.979. The van der Waals surface area contributed by atoms with Crippen LogP contribution >= 0.6 is 0 Å². The SMILES string of the molecule is Cc1cccc(/C=C/c2ccncc2)n1. The van der Waals surface area contributed by atoms with E-state index in [9.17, 15) is 0 Å². The Balaban J connectivity index is 2.19. The summed E-state index contributed by atoms with van der Waals surface area (Å²) in [6.07, 6.45) is 7.60. The highest BCUT2D eigenvalue weighted by Gasteiger charge is 1.89. The maximum Gasteiger partial charge on any atom is 0.0633 e. The van der Waals surface area contributed by atoms with Gasteiger partial charge in [-0.05, 0) is 42.8 Å². The van der Waals surface area contributed by atoms with Gasteiger partial charge in [0.25, 0.3) is 0 Å². The zero-order valence-electron chi connectivity index (χ0n) is 8.59. The number of hydrogen-bond donors (Lipinski definition) is 0. The molecule has 0 fully saturated rings. The standard InChI is InChI=1S/C13H12N2/c1-11-3-2-4-13(15-11)6-5-12-7-9-14-10-8-12/h2-10H,1H3/b6-5+. The lowest BCUT2D eigenvalue weighted by Crippen LogP contribution is -1.83. The van der Waals surface area contributed by atoms with E-state index in [1.54, 1.807) is 12.4 Å². The molecule has 2 aromatic heterocycles. The Labute approximate surface area is 89.3 Å². The molecule has 0 atom stereocenters. The van der Waals surface area contributed by atoms with Crippen LogP contribution in [-0.4, -0.2) is 9.97 Å². The monoisotopic (exact) mass is 196 g/mol. The van der Waals surface area contributed by atoms with Crippen LogP contribution in [0.5, 0.6) is 0 Å². The van der Waals surface area contributed by atoms with Gasteiger partial charge in [0.2, 0.25) is 0 Å². The Morgan fingerprint density at radius 2 is 1.80 bits per heavy atom. The fourth-order valence-electron chi connectivity index (χ4n) is 1.31. The van der Waals surface area contributed by atoms with Crippen molar-refractivity contribution in [2.24, 2.45) is 0 Å². The summed E-state index contributed by atoms with van der Waals surface area (Å²) in [7, 11) is 0. The van der Waals surface area contributed by atoms with Gasteiger partial charge in [-0.25, -0.2) is 0 Å². The minimum absolute atomic E-state index is 0.979. The Morgan fingerprint density at radius 1 is 1.00 bits per heavy atom. The van der Waals surface area contributed by atoms with Crippen LogP contribution < -0.4 is 0 Å². The average Bonchev–Trinajstić information content (AvgIpc) is 2.28. The van der Waals surface area contributed by atoms with Crippen molar-refractivity contribution in [3.8, 4) is 0 Å². The molecule has 0 radical (unpaired) electrons. The summed E-state index contributed by atoms with van der Waals surface area (Å²) in [5, 5.41) is 0. The van der Waals surface area contributed by atoms with E-state index in [0.717, 1.165) is 17.0 Å². The highest BCUT2D eigenvalue weighted by Crippen LogP contribution is 2.05. The Hall–Kier alpha value is -1.96. The van der Waals surface area contributed by atoms with Gasteiger partial charge in [-0.15, -0.1) is 0 Å². The van der Waals surface area contributed by atoms with Gasteiger partial charge >= 0.3 is 0 Å². The second kappa shape index (κ2) is 4.51. The molecule has 0 aliphatic heterocycles. The van der Waals surface area contributed by atoms with Crippen molar-refractivity contribution in [3.63, 3.8) is 0 Å². The minimum Gasteiger partial charge on any atom is -0.265 e. The lowest BCUT2D eigenvalue weighted by atomic mass is 10.2. The van der Waals surface area contributed by atoms with E-state index in [4.69, 9.17) is 0 Å². The van der Waals surface area contributed by atoms with E-state index in [1.165, 1.54) is 0 Å². The number of aromatic nitrogens is 2. The number of rotatable bonds is 2. The maximum absolute atomic E-state index is 4.39. The summed E-state index contributed by atoms with van der Waals surface area (Å²) in [4.78, 5) is 8.35. The topological polar surface area (TPSA) is 25.8 Å². The Kier molecular flexibility index (Phi) is 2.88. The molecule has 0 aliphatic carbocycles. The van der Waals surface area contributed by atoms with Crippen LogP contribution in [0, 0.1) is 6.92 Å². The molecule has 0 amide bonds. The highest BCUT2D eigenvalue weighted by molar-refractivity contribution is 5.67. The van der Waals surface area contributed by atoms with Crippen LogP contribution in [0.2, 0.25) is 0 Å². The van der Waals surface area contributed by atoms with Gasteiger partial charge in [0, 0.05) is 18.1 Å². The van der Waals surface area contributed by atoms with E-state index in [0.29, 0.717) is 0 Å². The Morgan fingerprint density at radius 3 is 2.53 bits per heavy atom. The molecule has 2 rings (SSSR count). The number of aryl methyl sites for hydroxylation is 1. The summed E-state index contributed by atoms with van der Waals surface area (Å²) in [6.45, 7) is 1.99. The molecule has 2 nitrogen and oxygen atoms in total. The van der Waals surface area contributed by atoms with Crippen LogP contribution in [-0.2, 0) is 0 Å². The summed E-state index contributed by atoms with van der Waals surface area (Å²) in [5.74, 6) is 0. The third-order valence-electron chi connectivity index (χ3n) is 2.06. The van der Waals surface area contributed by atoms with Crippen molar-refractivity contribution < 1.29 is 0 Å². The molecule has 0 unspecified atom stereocenters. The van der Waals surface area contributed by atoms with Crippen LogP contribution in [0.25, 0.3) is 12.2 Å². The van der Waals surface area contributed by atoms with Crippen LogP contribution in [0.1, 0.15) is 17.0 Å². The fourth-order valence-corrected chi connectivity index (χ4v) is 1.31. The second-order valence-electron chi connectivity index (χ2n) is 3.32. The molecule has 0 spiro atoms. The highest BCUT2D eigenvalue weighted by atomic mass is 14.7. The van der Waals surface area contributed by atoms with Crippen molar-refractivity contribution in [3.05, 3.63) is 59.7 Å². The molecular formula is C13H12N2. The smallest absolute Gasteiger partial charge is 0.0633 e. The molecule has 2 heterocycles. The molecule has 0 bridgehead atoms. The van der Waals surface area contributed by atoms with Gasteiger partial charge < -0.3 is 0 Å². The van der Waals surface area contributed by atoms with Gasteiger partial charge in [-0.3, -0.25) is 9.97 Å². The second-order valence-corrected chi connectivity index (χ2v) is 3.32. The van der Waals surface area contributed by atoms with Gasteiger partial charge in [0.1, 0.15) is 0 Å². The van der Waals surface area contributed by atoms with Gasteiger partial charge in [0.15, 0.2) is 0 Å². The van der Waals surface area contributed by atoms with E-state index < -0.39 is 0 Å². The number of pyridine rings is 2. The maximum atomic E-state index is 4.39. The zero-order valence-corrected chi connectivity index (χ0v) is 8.59. The molecule has 0 aromatic carbocycles. The summed E-state index contributed by atoms with van der Waals surface area (Å²) >= 11 is 0. The van der Waals surface area contributed by atoms with Crippen molar-refractivity contribution >= 4 is 12.2 Å². The molecule has 15 heavy (non-hydrogen) atoms. The molecule has 0 saturated heterocycles. The van der Waals surface area contributed by atoms with Crippen molar-refractivity contribution in [2.45, 2.75) is 6.92 Å². The van der Waals surface area contributed by atoms with E-state index in [1.807, 2.05) is 49.4 Å². The molecule has 2 aromatic rings. The number of hydrogen-bond acceptors (Lipinski definition) is 2. The van der Waals surface area contributed by atoms with Crippen LogP contribution in [0.15, 0.2) is 42.7 Å². The first-order chi connectivity index (χ1) is 7.34. The van der Waals surface area contributed by atoms with Crippen LogP contribution in [0.4, 0.5) is 0 Å². The summed E-state index contributed by atoms with van der Waals surface area (Å²) < 4.78 is 0. The number of nitrogens with zero attached hydrogens (tertiary/aromatic N) is 2. The fraction of sp³-hybridized carbons (Fsp3) is 0.0769. The first-order valence-corrected chi connectivity index (χ1v) is 4.86. The lowest BCUT2D eigenvalue weighted by molar-refractivity contribution is 1.18. The summed E-state index contributed by atoms with van der Waals surface area (Å²) in [6, 6.07) is 9.92. The van der Waals surface area contributed by atoms with Gasteiger partial charge in [-0.2, -0.15) is 0 Å². The van der Waals surface area contributed by atoms with E-state index >= 15 is 0 Å². The average molecular weight is 196 g/mol. The molecule has 2 heteroatoms. The van der Waals surface area contributed by atoms with Gasteiger partial charge in [0.05, 0.1) is 5.69 Å². The van der Waals surface area contributed by atoms with Crippen molar-refractivity contribution in [2.75, 3.05) is 0 Å². The molecule has 0 aliphatic rings. The molecule has 74 valence electrons. The molecule has 0 saturated carbocycles. The quantitative estimate of drug-likeness (QED) is 0.738. The van der Waals surface area contributed by atoms with E-state index in [2.05, 4.69) is 9.97 Å². The Bertz CT molecular complexity index is 461. The lowest BCUT2D eigenvalue weighted by Gasteiger charge is -1.95. The molecular weight excluding hydrogens is 184 g/mol. The first kappa shape index (κ1) is 9.59. The zero-order chi connectivity index (χ0) is 10.5. The largest absolute Gasteiger partial charge is 0.265 e. The third-order valence-corrected chi connectivity index (χ3v) is 2.06. The predicted octanol–water partition coefficient (Wildman–Crippen LogP) is 2.96. The predicted molar refractivity (Wildman–Crippen MR) is 62.1 cm³/mol. The van der Waals surface area contributed by atoms with Gasteiger partial charge in [-0.1, -0.05) is 12.1 Å². The normalized spacial score (nSPS) is 10.7. The van der Waals surface area contributed by atoms with Crippen LogP contribution in [0.3, 0.4) is 0 Å².